The number of thiophene rings is 1. The molecular weight excluding hydrogens is 501 g/mol. The summed E-state index contributed by atoms with van der Waals surface area (Å²) in [6.07, 6.45) is -4.45. The second-order valence-electron chi connectivity index (χ2n) is 7.04. The fraction of sp³-hybridized carbons (Fsp3) is 0.217. The molecule has 0 radical (unpaired) electrons. The Bertz CT molecular complexity index is 1290. The Labute approximate surface area is 206 Å². The molecule has 0 bridgehead atoms. The SMILES string of the molecule is CCOCCOc1ccc(N=Nc2cc3sc(NC(=O)c4ccc(C(F)(F)F)cc4)nc3s2)cc1. The molecule has 0 aliphatic carbocycles. The number of carbonyl (C=O) groups excluding carboxylic acids is 1. The van der Waals surface area contributed by atoms with E-state index in [4.69, 9.17) is 9.47 Å². The van der Waals surface area contributed by atoms with Crippen molar-refractivity contribution in [1.29, 1.82) is 0 Å². The highest BCUT2D eigenvalue weighted by Crippen LogP contribution is 2.38. The van der Waals surface area contributed by atoms with Gasteiger partial charge in [0.25, 0.3) is 5.91 Å². The van der Waals surface area contributed by atoms with Crippen molar-refractivity contribution in [2.24, 2.45) is 10.2 Å². The molecule has 35 heavy (non-hydrogen) atoms. The molecule has 2 aromatic carbocycles. The number of hydrogen-bond donors (Lipinski definition) is 1. The van der Waals surface area contributed by atoms with Gasteiger partial charge in [0.1, 0.15) is 22.2 Å². The van der Waals surface area contributed by atoms with Crippen molar-refractivity contribution in [3.63, 3.8) is 0 Å². The van der Waals surface area contributed by atoms with Crippen LogP contribution in [-0.4, -0.2) is 30.7 Å². The predicted octanol–water partition coefficient (Wildman–Crippen LogP) is 7.46. The Kier molecular flexibility index (Phi) is 7.73. The molecule has 182 valence electrons. The van der Waals surface area contributed by atoms with Crippen LogP contribution in [0.4, 0.5) is 29.0 Å². The maximum Gasteiger partial charge on any atom is 0.416 e. The van der Waals surface area contributed by atoms with Gasteiger partial charge in [0.15, 0.2) is 5.13 Å². The molecule has 7 nitrogen and oxygen atoms in total. The van der Waals surface area contributed by atoms with Crippen molar-refractivity contribution in [1.82, 2.24) is 4.98 Å². The van der Waals surface area contributed by atoms with Crippen LogP contribution in [-0.2, 0) is 10.9 Å². The van der Waals surface area contributed by atoms with Crippen molar-refractivity contribution < 1.29 is 27.4 Å². The first-order valence-corrected chi connectivity index (χ1v) is 12.1. The monoisotopic (exact) mass is 520 g/mol. The molecule has 1 N–H and O–H groups in total. The maximum atomic E-state index is 12.7. The first kappa shape index (κ1) is 24.8. The molecule has 0 atom stereocenters. The van der Waals surface area contributed by atoms with Gasteiger partial charge in [0.05, 0.1) is 22.6 Å². The summed E-state index contributed by atoms with van der Waals surface area (Å²) in [6.45, 7) is 3.58. The molecule has 2 heterocycles. The third-order valence-corrected chi connectivity index (χ3v) is 6.53. The molecule has 0 spiro atoms. The van der Waals surface area contributed by atoms with Gasteiger partial charge in [-0.2, -0.15) is 13.2 Å². The Hall–Kier alpha value is -3.35. The van der Waals surface area contributed by atoms with Crippen LogP contribution in [0.3, 0.4) is 0 Å². The highest BCUT2D eigenvalue weighted by atomic mass is 32.1. The molecular formula is C23H19F3N4O3S2. The average Bonchev–Trinajstić information content (AvgIpc) is 3.39. The zero-order valence-corrected chi connectivity index (χ0v) is 20.0. The van der Waals surface area contributed by atoms with E-state index in [0.717, 1.165) is 34.7 Å². The van der Waals surface area contributed by atoms with Gasteiger partial charge in [0, 0.05) is 12.2 Å². The van der Waals surface area contributed by atoms with Crippen LogP contribution in [0.2, 0.25) is 0 Å². The number of aromatic nitrogens is 1. The number of benzene rings is 2. The lowest BCUT2D eigenvalue weighted by molar-refractivity contribution is -0.137. The van der Waals surface area contributed by atoms with Crippen molar-refractivity contribution in [3.05, 3.63) is 65.7 Å². The maximum absolute atomic E-state index is 12.7. The van der Waals surface area contributed by atoms with Crippen LogP contribution in [0.5, 0.6) is 5.75 Å². The number of azo groups is 1. The molecule has 12 heteroatoms. The third kappa shape index (κ3) is 6.62. The van der Waals surface area contributed by atoms with Crippen LogP contribution in [0.25, 0.3) is 9.53 Å². The van der Waals surface area contributed by atoms with Crippen LogP contribution in [0, 0.1) is 0 Å². The summed E-state index contributed by atoms with van der Waals surface area (Å²) in [5, 5.41) is 12.1. The quantitative estimate of drug-likeness (QED) is 0.183. The summed E-state index contributed by atoms with van der Waals surface area (Å²) in [5.74, 6) is 0.181. The average molecular weight is 521 g/mol. The molecule has 2 aromatic heterocycles. The van der Waals surface area contributed by atoms with Crippen molar-refractivity contribution in [2.75, 3.05) is 25.1 Å². The molecule has 4 rings (SSSR count). The van der Waals surface area contributed by atoms with E-state index in [1.807, 2.05) is 6.92 Å². The number of thiazole rings is 1. The number of fused-ring (bicyclic) bond motifs is 1. The summed E-state index contributed by atoms with van der Waals surface area (Å²) in [4.78, 5) is 17.4. The number of nitrogens with one attached hydrogen (secondary N) is 1. The summed E-state index contributed by atoms with van der Waals surface area (Å²) in [7, 11) is 0. The molecule has 0 unspecified atom stereocenters. The number of amides is 1. The van der Waals surface area contributed by atoms with Crippen LogP contribution in [0.15, 0.2) is 64.8 Å². The second kappa shape index (κ2) is 10.9. The number of carbonyl (C=O) groups is 1. The van der Waals surface area contributed by atoms with E-state index < -0.39 is 17.6 Å². The lowest BCUT2D eigenvalue weighted by atomic mass is 10.1. The Morgan fingerprint density at radius 2 is 1.77 bits per heavy atom. The van der Waals surface area contributed by atoms with Gasteiger partial charge < -0.3 is 9.47 Å². The second-order valence-corrected chi connectivity index (χ2v) is 9.08. The number of halogens is 3. The zero-order chi connectivity index (χ0) is 24.8. The Morgan fingerprint density at radius 3 is 2.43 bits per heavy atom. The number of hydrogen-bond acceptors (Lipinski definition) is 8. The number of ether oxygens (including phenoxy) is 2. The third-order valence-electron chi connectivity index (χ3n) is 4.57. The van der Waals surface area contributed by atoms with Crippen LogP contribution < -0.4 is 10.1 Å². The fourth-order valence-electron chi connectivity index (χ4n) is 2.88. The van der Waals surface area contributed by atoms with Gasteiger partial charge in [-0.25, -0.2) is 4.98 Å². The largest absolute Gasteiger partial charge is 0.491 e. The normalized spacial score (nSPS) is 11.9. The van der Waals surface area contributed by atoms with E-state index in [2.05, 4.69) is 20.5 Å². The summed E-state index contributed by atoms with van der Waals surface area (Å²) in [5.41, 5.74) is -0.0413. The number of nitrogens with zero attached hydrogens (tertiary/aromatic N) is 3. The topological polar surface area (TPSA) is 85.2 Å². The molecule has 4 aromatic rings. The number of anilines is 1. The van der Waals surface area contributed by atoms with Crippen LogP contribution >= 0.6 is 22.7 Å². The summed E-state index contributed by atoms with van der Waals surface area (Å²) >= 11 is 2.55. The Morgan fingerprint density at radius 1 is 1.03 bits per heavy atom. The standard InChI is InChI=1S/C23H19F3N4O3S2/c1-2-32-11-12-33-17-9-7-16(8-10-17)29-30-19-13-18-21(35-19)28-22(34-18)27-20(31)14-3-5-15(6-4-14)23(24,25)26/h3-10,13H,2,11-12H2,1H3,(H,27,28,31). The smallest absolute Gasteiger partial charge is 0.416 e. The van der Waals surface area contributed by atoms with E-state index in [0.29, 0.717) is 40.5 Å². The predicted molar refractivity (Wildman–Crippen MR) is 130 cm³/mol. The van der Waals surface area contributed by atoms with Crippen molar-refractivity contribution in [2.45, 2.75) is 13.1 Å². The molecule has 0 saturated heterocycles. The van der Waals surface area contributed by atoms with Crippen LogP contribution in [0.1, 0.15) is 22.8 Å². The van der Waals surface area contributed by atoms with E-state index in [1.54, 1.807) is 30.3 Å². The molecule has 0 aliphatic heterocycles. The lowest BCUT2D eigenvalue weighted by Gasteiger charge is -2.07. The minimum Gasteiger partial charge on any atom is -0.491 e. The van der Waals surface area contributed by atoms with Gasteiger partial charge in [-0.1, -0.05) is 22.7 Å². The zero-order valence-electron chi connectivity index (χ0n) is 18.3. The van der Waals surface area contributed by atoms with Gasteiger partial charge in [-0.05, 0) is 61.5 Å². The van der Waals surface area contributed by atoms with Gasteiger partial charge in [-0.3, -0.25) is 10.1 Å². The van der Waals surface area contributed by atoms with Gasteiger partial charge in [-0.15, -0.1) is 10.2 Å². The van der Waals surface area contributed by atoms with Gasteiger partial charge in [0.2, 0.25) is 0 Å². The highest BCUT2D eigenvalue weighted by molar-refractivity contribution is 7.30. The minimum absolute atomic E-state index is 0.108. The van der Waals surface area contributed by atoms with E-state index in [9.17, 15) is 18.0 Å². The fourth-order valence-corrected chi connectivity index (χ4v) is 4.81. The summed E-state index contributed by atoms with van der Waals surface area (Å²) < 4.78 is 49.6. The van der Waals surface area contributed by atoms with E-state index in [-0.39, 0.29) is 5.56 Å². The minimum atomic E-state index is -4.45. The number of rotatable bonds is 9. The highest BCUT2D eigenvalue weighted by Gasteiger charge is 2.30. The molecule has 0 saturated carbocycles. The molecule has 0 fully saturated rings. The number of alkyl halides is 3. The van der Waals surface area contributed by atoms with E-state index >= 15 is 0 Å². The lowest BCUT2D eigenvalue weighted by Crippen LogP contribution is -2.12. The first-order valence-electron chi connectivity index (χ1n) is 10.4. The van der Waals surface area contributed by atoms with E-state index in [1.165, 1.54) is 22.7 Å². The van der Waals surface area contributed by atoms with Gasteiger partial charge >= 0.3 is 6.18 Å². The first-order chi connectivity index (χ1) is 16.8. The Balaban J connectivity index is 1.35. The van der Waals surface area contributed by atoms with Crippen molar-refractivity contribution in [3.8, 4) is 5.75 Å². The summed E-state index contributed by atoms with van der Waals surface area (Å²) in [6, 6.07) is 13.0. The van der Waals surface area contributed by atoms with Crippen molar-refractivity contribution >= 4 is 53.9 Å². The molecule has 0 aliphatic rings. The molecule has 1 amide bonds.